The number of ether oxygens (including phenoxy) is 2. The van der Waals surface area contributed by atoms with Crippen molar-refractivity contribution in [2.24, 2.45) is 0 Å². The number of rotatable bonds is 5. The van der Waals surface area contributed by atoms with E-state index in [1.807, 2.05) is 18.2 Å². The normalized spacial score (nSPS) is 11.8. The van der Waals surface area contributed by atoms with Gasteiger partial charge in [0.15, 0.2) is 11.5 Å². The molecule has 0 saturated heterocycles. The minimum Gasteiger partial charge on any atom is -0.454 e. The smallest absolute Gasteiger partial charge is 0.319 e. The van der Waals surface area contributed by atoms with Crippen molar-refractivity contribution < 1.29 is 19.1 Å². The first kappa shape index (κ1) is 19.2. The zero-order valence-corrected chi connectivity index (χ0v) is 17.2. The van der Waals surface area contributed by atoms with Crippen LogP contribution in [-0.2, 0) is 6.54 Å². The summed E-state index contributed by atoms with van der Waals surface area (Å²) in [5, 5.41) is 16.6. The Bertz CT molecular complexity index is 1070. The van der Waals surface area contributed by atoms with E-state index in [2.05, 4.69) is 42.1 Å². The number of aromatic nitrogens is 2. The summed E-state index contributed by atoms with van der Waals surface area (Å²) in [5.41, 5.74) is 1.20. The van der Waals surface area contributed by atoms with Crippen LogP contribution in [0.25, 0.3) is 0 Å². The highest BCUT2D eigenvalue weighted by molar-refractivity contribution is 9.10. The quantitative estimate of drug-likeness (QED) is 0.519. The first-order valence-corrected chi connectivity index (χ1v) is 10.0. The Morgan fingerprint density at radius 1 is 1.07 bits per heavy atom. The summed E-state index contributed by atoms with van der Waals surface area (Å²) in [6.45, 7) is 0.305. The molecule has 0 spiro atoms. The van der Waals surface area contributed by atoms with Gasteiger partial charge in [0.25, 0.3) is 5.91 Å². The lowest BCUT2D eigenvalue weighted by molar-refractivity contribution is 0.102. The van der Waals surface area contributed by atoms with Crippen LogP contribution >= 0.6 is 27.3 Å². The molecule has 148 valence electrons. The molecule has 3 N–H and O–H groups in total. The van der Waals surface area contributed by atoms with Crippen molar-refractivity contribution in [3.63, 3.8) is 0 Å². The zero-order valence-electron chi connectivity index (χ0n) is 14.8. The summed E-state index contributed by atoms with van der Waals surface area (Å²) in [4.78, 5) is 24.4. The lowest BCUT2D eigenvalue weighted by Gasteiger charge is -2.07. The third kappa shape index (κ3) is 4.63. The fourth-order valence-corrected chi connectivity index (χ4v) is 3.52. The van der Waals surface area contributed by atoms with Crippen molar-refractivity contribution in [1.82, 2.24) is 15.5 Å². The number of amides is 3. The van der Waals surface area contributed by atoms with Crippen molar-refractivity contribution in [3.8, 4) is 11.5 Å². The minimum atomic E-state index is -0.398. The lowest BCUT2D eigenvalue weighted by atomic mass is 10.3. The van der Waals surface area contributed by atoms with Crippen LogP contribution in [0.5, 0.6) is 11.5 Å². The Kier molecular flexibility index (Phi) is 5.58. The molecule has 0 bridgehead atoms. The second kappa shape index (κ2) is 8.45. The number of nitrogens with zero attached hydrogens (tertiary/aromatic N) is 2. The van der Waals surface area contributed by atoms with Gasteiger partial charge in [0.05, 0.1) is 12.2 Å². The van der Waals surface area contributed by atoms with Gasteiger partial charge in [-0.25, -0.2) is 4.79 Å². The molecule has 2 aromatic carbocycles. The van der Waals surface area contributed by atoms with Crippen LogP contribution in [0.4, 0.5) is 16.2 Å². The first-order chi connectivity index (χ1) is 14.1. The molecule has 1 aliphatic heterocycles. The second-order valence-electron chi connectivity index (χ2n) is 5.81. The van der Waals surface area contributed by atoms with E-state index in [1.54, 1.807) is 24.3 Å². The molecule has 29 heavy (non-hydrogen) atoms. The molecule has 0 radical (unpaired) electrons. The van der Waals surface area contributed by atoms with E-state index >= 15 is 0 Å². The Labute approximate surface area is 177 Å². The third-order valence-corrected chi connectivity index (χ3v) is 5.43. The fourth-order valence-electron chi connectivity index (χ4n) is 2.46. The van der Waals surface area contributed by atoms with Gasteiger partial charge >= 0.3 is 6.03 Å². The van der Waals surface area contributed by atoms with E-state index in [0.29, 0.717) is 27.9 Å². The van der Waals surface area contributed by atoms with Gasteiger partial charge in [0.2, 0.25) is 11.8 Å². The molecule has 0 fully saturated rings. The van der Waals surface area contributed by atoms with Crippen molar-refractivity contribution in [3.05, 3.63) is 57.0 Å². The van der Waals surface area contributed by atoms with Gasteiger partial charge in [-0.1, -0.05) is 23.5 Å². The lowest BCUT2D eigenvalue weighted by Crippen LogP contribution is -2.28. The topological polar surface area (TPSA) is 114 Å². The maximum absolute atomic E-state index is 12.4. The van der Waals surface area contributed by atoms with Crippen LogP contribution in [-0.4, -0.2) is 28.9 Å². The third-order valence-electron chi connectivity index (χ3n) is 3.81. The predicted octanol–water partition coefficient (Wildman–Crippen LogP) is 3.60. The second-order valence-corrected chi connectivity index (χ2v) is 7.73. The van der Waals surface area contributed by atoms with E-state index in [-0.39, 0.29) is 18.3 Å². The molecule has 3 amide bonds. The van der Waals surface area contributed by atoms with Gasteiger partial charge in [-0.2, -0.15) is 0 Å². The number of halogens is 1. The maximum atomic E-state index is 12.4. The SMILES string of the molecule is O=C(NCc1nnc(C(=O)Nc2ccc3c(c2)OCO3)s1)Nc1ccccc1Br. The van der Waals surface area contributed by atoms with Gasteiger partial charge in [-0.3, -0.25) is 4.79 Å². The molecule has 1 aromatic heterocycles. The number of carbonyl (C=O) groups is 2. The van der Waals surface area contributed by atoms with Crippen LogP contribution in [0.3, 0.4) is 0 Å². The highest BCUT2D eigenvalue weighted by Gasteiger charge is 2.17. The molecule has 9 nitrogen and oxygen atoms in total. The summed E-state index contributed by atoms with van der Waals surface area (Å²) < 4.78 is 11.3. The van der Waals surface area contributed by atoms with E-state index in [1.165, 1.54) is 0 Å². The molecule has 0 saturated carbocycles. The number of benzene rings is 2. The Morgan fingerprint density at radius 2 is 1.90 bits per heavy atom. The summed E-state index contributed by atoms with van der Waals surface area (Å²) in [6.07, 6.45) is 0. The molecule has 4 rings (SSSR count). The average Bonchev–Trinajstić information content (AvgIpc) is 3.37. The van der Waals surface area contributed by atoms with Crippen LogP contribution < -0.4 is 25.4 Å². The molecule has 2 heterocycles. The van der Waals surface area contributed by atoms with Gasteiger partial charge in [0, 0.05) is 16.2 Å². The van der Waals surface area contributed by atoms with Crippen LogP contribution in [0.15, 0.2) is 46.9 Å². The van der Waals surface area contributed by atoms with E-state index in [9.17, 15) is 9.59 Å². The summed E-state index contributed by atoms with van der Waals surface area (Å²) in [5.74, 6) is 0.805. The standard InChI is InChI=1S/C18H14BrN5O4S/c19-11-3-1-2-4-12(11)22-18(26)20-8-15-23-24-17(29-15)16(25)21-10-5-6-13-14(7-10)28-9-27-13/h1-7H,8-9H2,(H,21,25)(H2,20,22,26). The predicted molar refractivity (Wildman–Crippen MR) is 110 cm³/mol. The number of hydrogen-bond acceptors (Lipinski definition) is 7. The Morgan fingerprint density at radius 3 is 2.76 bits per heavy atom. The largest absolute Gasteiger partial charge is 0.454 e. The summed E-state index contributed by atoms with van der Waals surface area (Å²) >= 11 is 4.46. The molecule has 0 aliphatic carbocycles. The number of anilines is 2. The summed E-state index contributed by atoms with van der Waals surface area (Å²) in [7, 11) is 0. The van der Waals surface area contributed by atoms with Crippen molar-refractivity contribution in [2.75, 3.05) is 17.4 Å². The van der Waals surface area contributed by atoms with E-state index < -0.39 is 11.9 Å². The highest BCUT2D eigenvalue weighted by Crippen LogP contribution is 2.34. The first-order valence-electron chi connectivity index (χ1n) is 8.41. The number of hydrogen-bond donors (Lipinski definition) is 3. The van der Waals surface area contributed by atoms with Crippen LogP contribution in [0, 0.1) is 0 Å². The average molecular weight is 476 g/mol. The monoisotopic (exact) mass is 475 g/mol. The van der Waals surface area contributed by atoms with Crippen LogP contribution in [0.2, 0.25) is 0 Å². The Balaban J connectivity index is 1.31. The highest BCUT2D eigenvalue weighted by atomic mass is 79.9. The molecule has 1 aliphatic rings. The fraction of sp³-hybridized carbons (Fsp3) is 0.111. The van der Waals surface area contributed by atoms with Crippen LogP contribution in [0.1, 0.15) is 14.8 Å². The number of carbonyl (C=O) groups excluding carboxylic acids is 2. The van der Waals surface area contributed by atoms with Gasteiger partial charge in [-0.15, -0.1) is 10.2 Å². The molecule has 0 atom stereocenters. The van der Waals surface area contributed by atoms with E-state index in [0.717, 1.165) is 15.8 Å². The molecular formula is C18H14BrN5O4S. The van der Waals surface area contributed by atoms with Crippen molar-refractivity contribution >= 4 is 50.6 Å². The van der Waals surface area contributed by atoms with Gasteiger partial charge in [-0.05, 0) is 40.2 Å². The number of nitrogens with one attached hydrogen (secondary N) is 3. The molecular weight excluding hydrogens is 462 g/mol. The Hall–Kier alpha value is -3.18. The van der Waals surface area contributed by atoms with Gasteiger partial charge in [0.1, 0.15) is 5.01 Å². The zero-order chi connectivity index (χ0) is 20.2. The van der Waals surface area contributed by atoms with E-state index in [4.69, 9.17) is 9.47 Å². The molecule has 3 aromatic rings. The number of para-hydroxylation sites is 1. The number of fused-ring (bicyclic) bond motifs is 1. The maximum Gasteiger partial charge on any atom is 0.319 e. The van der Waals surface area contributed by atoms with Crippen molar-refractivity contribution in [1.29, 1.82) is 0 Å². The van der Waals surface area contributed by atoms with Gasteiger partial charge < -0.3 is 25.4 Å². The van der Waals surface area contributed by atoms with Crippen molar-refractivity contribution in [2.45, 2.75) is 6.54 Å². The summed E-state index contributed by atoms with van der Waals surface area (Å²) in [6, 6.07) is 12.0. The number of urea groups is 1. The molecule has 0 unspecified atom stereocenters. The molecule has 11 heteroatoms. The minimum absolute atomic E-state index is 0.144.